The van der Waals surface area contributed by atoms with Gasteiger partial charge in [0, 0.05) is 24.2 Å². The molecule has 0 saturated heterocycles. The molecule has 14 heavy (non-hydrogen) atoms. The number of hydrogen-bond acceptors (Lipinski definition) is 2. The van der Waals surface area contributed by atoms with Gasteiger partial charge in [-0.2, -0.15) is 0 Å². The van der Waals surface area contributed by atoms with Crippen molar-refractivity contribution in [3.05, 3.63) is 32.6 Å². The number of H-pyrrole nitrogens is 1. The van der Waals surface area contributed by atoms with Crippen molar-refractivity contribution in [2.24, 2.45) is 0 Å². The van der Waals surface area contributed by atoms with Crippen LogP contribution in [0.4, 0.5) is 0 Å². The highest BCUT2D eigenvalue weighted by Gasteiger charge is 2.04. The molecule has 0 aliphatic carbocycles. The third-order valence-corrected chi connectivity index (χ3v) is 2.30. The second kappa shape index (κ2) is 5.00. The third-order valence-electron chi connectivity index (χ3n) is 2.03. The predicted octanol–water partition coefficient (Wildman–Crippen LogP) is 0.728. The van der Waals surface area contributed by atoms with E-state index >= 15 is 0 Å². The molecule has 4 nitrogen and oxygen atoms in total. The summed E-state index contributed by atoms with van der Waals surface area (Å²) in [5.41, 5.74) is 0.0536. The third kappa shape index (κ3) is 2.26. The zero-order valence-corrected chi connectivity index (χ0v) is 8.80. The number of nitrogens with zero attached hydrogens (tertiary/aromatic N) is 1. The molecule has 78 valence electrons. The first kappa shape index (κ1) is 11.0. The van der Waals surface area contributed by atoms with Crippen molar-refractivity contribution in [1.82, 2.24) is 9.55 Å². The Labute approximate surface area is 86.5 Å². The maximum Gasteiger partial charge on any atom is 0.328 e. The molecule has 5 heteroatoms. The van der Waals surface area contributed by atoms with Gasteiger partial charge in [0.05, 0.1) is 0 Å². The summed E-state index contributed by atoms with van der Waals surface area (Å²) in [6, 6.07) is 0. The molecule has 0 amide bonds. The van der Waals surface area contributed by atoms with Crippen LogP contribution in [0, 0.1) is 0 Å². The van der Waals surface area contributed by atoms with Gasteiger partial charge in [-0.25, -0.2) is 4.79 Å². The van der Waals surface area contributed by atoms with E-state index in [1.807, 2.05) is 6.92 Å². The van der Waals surface area contributed by atoms with E-state index in [1.54, 1.807) is 0 Å². The Morgan fingerprint density at radius 3 is 2.79 bits per heavy atom. The van der Waals surface area contributed by atoms with Gasteiger partial charge in [-0.3, -0.25) is 9.36 Å². The highest BCUT2D eigenvalue weighted by atomic mass is 35.5. The van der Waals surface area contributed by atoms with Crippen LogP contribution in [-0.2, 0) is 13.0 Å². The summed E-state index contributed by atoms with van der Waals surface area (Å²) in [4.78, 5) is 25.4. The fourth-order valence-corrected chi connectivity index (χ4v) is 1.35. The maximum atomic E-state index is 11.6. The number of alkyl halides is 1. The summed E-state index contributed by atoms with van der Waals surface area (Å²) in [7, 11) is 0. The molecule has 0 atom stereocenters. The summed E-state index contributed by atoms with van der Waals surface area (Å²) in [5.74, 6) is 0.447. The van der Waals surface area contributed by atoms with Gasteiger partial charge in [-0.15, -0.1) is 11.6 Å². The van der Waals surface area contributed by atoms with Crippen LogP contribution in [0.3, 0.4) is 0 Å². The monoisotopic (exact) mass is 216 g/mol. The van der Waals surface area contributed by atoms with E-state index in [1.165, 1.54) is 10.8 Å². The van der Waals surface area contributed by atoms with E-state index < -0.39 is 0 Å². The van der Waals surface area contributed by atoms with Crippen LogP contribution in [0.2, 0.25) is 0 Å². The van der Waals surface area contributed by atoms with Gasteiger partial charge in [0.25, 0.3) is 5.56 Å². The lowest BCUT2D eigenvalue weighted by Crippen LogP contribution is -2.36. The van der Waals surface area contributed by atoms with Crippen LogP contribution >= 0.6 is 11.6 Å². The average molecular weight is 217 g/mol. The van der Waals surface area contributed by atoms with E-state index in [4.69, 9.17) is 11.6 Å². The molecule has 0 aliphatic heterocycles. The number of hydrogen-bond donors (Lipinski definition) is 1. The van der Waals surface area contributed by atoms with Gasteiger partial charge >= 0.3 is 5.69 Å². The average Bonchev–Trinajstić information content (AvgIpc) is 2.18. The summed E-state index contributed by atoms with van der Waals surface area (Å²) in [5, 5.41) is 0. The van der Waals surface area contributed by atoms with Crippen molar-refractivity contribution in [1.29, 1.82) is 0 Å². The van der Waals surface area contributed by atoms with E-state index in [2.05, 4.69) is 4.98 Å². The summed E-state index contributed by atoms with van der Waals surface area (Å²) >= 11 is 5.50. The van der Waals surface area contributed by atoms with Gasteiger partial charge in [-0.05, 0) is 12.8 Å². The first-order valence-corrected chi connectivity index (χ1v) is 5.11. The van der Waals surface area contributed by atoms with Gasteiger partial charge in [0.15, 0.2) is 0 Å². The van der Waals surface area contributed by atoms with Gasteiger partial charge in [0.1, 0.15) is 0 Å². The Kier molecular flexibility index (Phi) is 3.95. The van der Waals surface area contributed by atoms with Crippen LogP contribution in [0.15, 0.2) is 15.8 Å². The van der Waals surface area contributed by atoms with Gasteiger partial charge in [0.2, 0.25) is 0 Å². The number of halogens is 1. The first-order valence-electron chi connectivity index (χ1n) is 4.58. The number of aryl methyl sites for hydroxylation is 1. The highest BCUT2D eigenvalue weighted by molar-refractivity contribution is 6.17. The topological polar surface area (TPSA) is 54.9 Å². The molecule has 1 aromatic rings. The fraction of sp³-hybridized carbons (Fsp3) is 0.556. The lowest BCUT2D eigenvalue weighted by atomic mass is 10.2. The Balaban J connectivity index is 3.13. The fourth-order valence-electron chi connectivity index (χ4n) is 1.23. The molecular formula is C9H13ClN2O2. The largest absolute Gasteiger partial charge is 0.328 e. The quantitative estimate of drug-likeness (QED) is 0.755. The summed E-state index contributed by atoms with van der Waals surface area (Å²) in [6.45, 7) is 2.26. The molecule has 0 bridgehead atoms. The zero-order chi connectivity index (χ0) is 10.6. The number of rotatable bonds is 4. The molecule has 0 saturated carbocycles. The minimum atomic E-state index is -0.364. The Morgan fingerprint density at radius 2 is 2.21 bits per heavy atom. The predicted molar refractivity (Wildman–Crippen MR) is 56.0 cm³/mol. The van der Waals surface area contributed by atoms with Crippen molar-refractivity contribution in [2.75, 3.05) is 5.88 Å². The molecule has 1 heterocycles. The van der Waals surface area contributed by atoms with Crippen LogP contribution in [0.25, 0.3) is 0 Å². The second-order valence-corrected chi connectivity index (χ2v) is 3.35. The Hall–Kier alpha value is -1.03. The molecule has 0 fully saturated rings. The Morgan fingerprint density at radius 1 is 1.50 bits per heavy atom. The number of nitrogens with one attached hydrogen (secondary N) is 1. The van der Waals surface area contributed by atoms with Crippen LogP contribution in [0.1, 0.15) is 18.9 Å². The van der Waals surface area contributed by atoms with E-state index in [-0.39, 0.29) is 11.2 Å². The molecule has 0 radical (unpaired) electrons. The van der Waals surface area contributed by atoms with Crippen LogP contribution in [-0.4, -0.2) is 15.4 Å². The minimum Gasteiger partial charge on any atom is -0.314 e. The normalized spacial score (nSPS) is 10.4. The lowest BCUT2D eigenvalue weighted by molar-refractivity contribution is 0.610. The van der Waals surface area contributed by atoms with Crippen LogP contribution < -0.4 is 11.2 Å². The van der Waals surface area contributed by atoms with Crippen molar-refractivity contribution in [3.8, 4) is 0 Å². The lowest BCUT2D eigenvalue weighted by Gasteiger charge is -2.03. The second-order valence-electron chi connectivity index (χ2n) is 2.97. The molecular weight excluding hydrogens is 204 g/mol. The van der Waals surface area contributed by atoms with Crippen molar-refractivity contribution < 1.29 is 0 Å². The smallest absolute Gasteiger partial charge is 0.314 e. The molecule has 0 aliphatic rings. The molecule has 0 spiro atoms. The number of aromatic amines is 1. The van der Waals surface area contributed by atoms with E-state index in [9.17, 15) is 9.59 Å². The first-order chi connectivity index (χ1) is 6.70. The zero-order valence-electron chi connectivity index (χ0n) is 8.05. The minimum absolute atomic E-state index is 0.207. The highest BCUT2D eigenvalue weighted by Crippen LogP contribution is 1.89. The van der Waals surface area contributed by atoms with Gasteiger partial charge < -0.3 is 4.98 Å². The Bertz CT molecular complexity index is 408. The molecule has 1 rings (SSSR count). The summed E-state index contributed by atoms with van der Waals surface area (Å²) in [6.07, 6.45) is 2.72. The molecule has 1 N–H and O–H groups in total. The number of aromatic nitrogens is 2. The summed E-state index contributed by atoms with van der Waals surface area (Å²) < 4.78 is 1.20. The molecule has 0 aromatic carbocycles. The molecule has 0 unspecified atom stereocenters. The van der Waals surface area contributed by atoms with Crippen molar-refractivity contribution in [2.45, 2.75) is 26.3 Å². The standard InChI is InChI=1S/C9H13ClN2O2/c1-2-7-6-11-9(14)12(8(7)13)5-3-4-10/h6H,2-5H2,1H3,(H,11,14). The molecule has 1 aromatic heterocycles. The van der Waals surface area contributed by atoms with Crippen LogP contribution in [0.5, 0.6) is 0 Å². The van der Waals surface area contributed by atoms with Gasteiger partial charge in [-0.1, -0.05) is 6.92 Å². The van der Waals surface area contributed by atoms with Crippen molar-refractivity contribution >= 4 is 11.6 Å². The van der Waals surface area contributed by atoms with E-state index in [0.717, 1.165) is 0 Å². The van der Waals surface area contributed by atoms with E-state index in [0.29, 0.717) is 30.8 Å². The maximum absolute atomic E-state index is 11.6. The van der Waals surface area contributed by atoms with Crippen molar-refractivity contribution in [3.63, 3.8) is 0 Å². The SMILES string of the molecule is CCc1c[nH]c(=O)n(CCCCl)c1=O.